The summed E-state index contributed by atoms with van der Waals surface area (Å²) in [5.41, 5.74) is 0. The predicted molar refractivity (Wildman–Crippen MR) is 151 cm³/mol. The molecule has 0 saturated heterocycles. The highest BCUT2D eigenvalue weighted by atomic mass is 16.3. The minimum absolute atomic E-state index is 0.0248. The highest BCUT2D eigenvalue weighted by molar-refractivity contribution is 5.76. The van der Waals surface area contributed by atoms with E-state index >= 15 is 0 Å². The van der Waals surface area contributed by atoms with E-state index in [1.807, 2.05) is 0 Å². The predicted octanol–water partition coefficient (Wildman–Crippen LogP) is 7.25. The van der Waals surface area contributed by atoms with Crippen molar-refractivity contribution in [3.63, 3.8) is 0 Å². The van der Waals surface area contributed by atoms with Crippen LogP contribution in [0.25, 0.3) is 0 Å². The van der Waals surface area contributed by atoms with E-state index in [2.05, 4.69) is 62.6 Å². The van der Waals surface area contributed by atoms with Crippen LogP contribution in [0, 0.1) is 5.92 Å². The maximum absolute atomic E-state index is 11.4. The van der Waals surface area contributed by atoms with Crippen molar-refractivity contribution in [2.24, 2.45) is 5.92 Å². The fraction of sp³-hybridized carbons (Fsp3) is 0.800. The van der Waals surface area contributed by atoms with Crippen molar-refractivity contribution in [1.29, 1.82) is 0 Å². The van der Waals surface area contributed by atoms with Crippen molar-refractivity contribution >= 4 is 11.8 Å². The molecule has 0 saturated carbocycles. The summed E-state index contributed by atoms with van der Waals surface area (Å²) in [6.07, 6.45) is 26.8. The Morgan fingerprint density at radius 2 is 1.09 bits per heavy atom. The van der Waals surface area contributed by atoms with Gasteiger partial charge in [0, 0.05) is 25.9 Å². The normalized spacial score (nSPS) is 11.1. The summed E-state index contributed by atoms with van der Waals surface area (Å²) in [6.45, 7) is 9.77. The minimum atomic E-state index is 0.0248. The largest absolute Gasteiger partial charge is 0.395 e. The van der Waals surface area contributed by atoms with Crippen LogP contribution in [0.1, 0.15) is 130 Å². The molecule has 0 aliphatic heterocycles. The fourth-order valence-electron chi connectivity index (χ4n) is 3.42. The summed E-state index contributed by atoms with van der Waals surface area (Å²) in [6, 6.07) is 0. The summed E-state index contributed by atoms with van der Waals surface area (Å²) in [5, 5.41) is 14.1. The van der Waals surface area contributed by atoms with Gasteiger partial charge in [0.25, 0.3) is 0 Å². The first kappa shape index (κ1) is 35.5. The number of aliphatic hydroxyl groups is 1. The highest BCUT2D eigenvalue weighted by Gasteiger charge is 2.01. The number of hydrogen-bond acceptors (Lipinski definition) is 3. The Labute approximate surface area is 217 Å². The number of nitrogens with one attached hydrogen (secondary N) is 2. The van der Waals surface area contributed by atoms with E-state index in [9.17, 15) is 9.59 Å². The third kappa shape index (κ3) is 34.6. The van der Waals surface area contributed by atoms with Crippen LogP contribution >= 0.6 is 0 Å². The Morgan fingerprint density at radius 3 is 1.51 bits per heavy atom. The molecule has 0 aromatic carbocycles. The average Bonchev–Trinajstić information content (AvgIpc) is 2.84. The summed E-state index contributed by atoms with van der Waals surface area (Å²) in [7, 11) is 0. The molecule has 3 N–H and O–H groups in total. The summed E-state index contributed by atoms with van der Waals surface area (Å²) < 4.78 is 0. The second-order valence-corrected chi connectivity index (χ2v) is 9.64. The van der Waals surface area contributed by atoms with E-state index in [-0.39, 0.29) is 18.4 Å². The van der Waals surface area contributed by atoms with Crippen LogP contribution in [-0.2, 0) is 9.59 Å². The number of allylic oxidation sites excluding steroid dienone is 4. The van der Waals surface area contributed by atoms with Crippen molar-refractivity contribution in [2.75, 3.05) is 19.7 Å². The first-order valence-corrected chi connectivity index (χ1v) is 14.4. The Morgan fingerprint density at radius 1 is 0.657 bits per heavy atom. The maximum atomic E-state index is 11.4. The zero-order valence-electron chi connectivity index (χ0n) is 23.6. The van der Waals surface area contributed by atoms with Gasteiger partial charge in [0.2, 0.25) is 11.8 Å². The smallest absolute Gasteiger partial charge is 0.220 e. The van der Waals surface area contributed by atoms with Crippen molar-refractivity contribution < 1.29 is 14.7 Å². The molecule has 2 amide bonds. The molecule has 0 aromatic rings. The highest BCUT2D eigenvalue weighted by Crippen LogP contribution is 2.08. The molecule has 0 unspecified atom stereocenters. The van der Waals surface area contributed by atoms with Crippen molar-refractivity contribution in [3.05, 3.63) is 24.3 Å². The Balaban J connectivity index is 0. The molecule has 35 heavy (non-hydrogen) atoms. The number of aliphatic hydroxyl groups excluding tert-OH is 1. The van der Waals surface area contributed by atoms with Gasteiger partial charge in [0.15, 0.2) is 0 Å². The van der Waals surface area contributed by atoms with Gasteiger partial charge in [0.1, 0.15) is 0 Å². The number of amides is 2. The molecule has 5 heteroatoms. The van der Waals surface area contributed by atoms with Gasteiger partial charge in [0.05, 0.1) is 6.61 Å². The van der Waals surface area contributed by atoms with Crippen LogP contribution in [0.5, 0.6) is 0 Å². The topological polar surface area (TPSA) is 78.4 Å². The van der Waals surface area contributed by atoms with E-state index in [0.29, 0.717) is 25.3 Å². The van der Waals surface area contributed by atoms with Gasteiger partial charge in [-0.2, -0.15) is 0 Å². The molecule has 5 nitrogen and oxygen atoms in total. The molecular weight excluding hydrogens is 436 g/mol. The summed E-state index contributed by atoms with van der Waals surface area (Å²) in [4.78, 5) is 22.6. The Kier molecular flexibility index (Phi) is 30.9. The zero-order chi connectivity index (χ0) is 26.4. The van der Waals surface area contributed by atoms with Crippen molar-refractivity contribution in [1.82, 2.24) is 10.6 Å². The number of rotatable bonds is 22. The van der Waals surface area contributed by atoms with E-state index in [1.54, 1.807) is 0 Å². The van der Waals surface area contributed by atoms with Gasteiger partial charge in [-0.15, -0.1) is 0 Å². The molecule has 206 valence electrons. The molecular formula is C30H58N2O3. The summed E-state index contributed by atoms with van der Waals surface area (Å²) in [5.74, 6) is 0.824. The zero-order valence-corrected chi connectivity index (χ0v) is 23.6. The number of carbonyl (C=O) groups is 2. The van der Waals surface area contributed by atoms with E-state index in [4.69, 9.17) is 5.11 Å². The number of hydrogen-bond donors (Lipinski definition) is 3. The van der Waals surface area contributed by atoms with Crippen LogP contribution in [0.3, 0.4) is 0 Å². The quantitative estimate of drug-likeness (QED) is 0.110. The first-order valence-electron chi connectivity index (χ1n) is 14.4. The Bertz CT molecular complexity index is 516. The van der Waals surface area contributed by atoms with E-state index in [0.717, 1.165) is 38.6 Å². The molecule has 0 atom stereocenters. The molecule has 0 rings (SSSR count). The molecule has 0 radical (unpaired) electrons. The van der Waals surface area contributed by atoms with Crippen LogP contribution in [0.15, 0.2) is 24.3 Å². The van der Waals surface area contributed by atoms with E-state index < -0.39 is 0 Å². The lowest BCUT2D eigenvalue weighted by molar-refractivity contribution is -0.122. The molecule has 0 aliphatic rings. The molecule has 0 aliphatic carbocycles. The van der Waals surface area contributed by atoms with Crippen molar-refractivity contribution in [2.45, 2.75) is 130 Å². The maximum Gasteiger partial charge on any atom is 0.220 e. The van der Waals surface area contributed by atoms with Gasteiger partial charge in [-0.25, -0.2) is 0 Å². The number of carbonyl (C=O) groups excluding carboxylic acids is 2. The third-order valence-corrected chi connectivity index (χ3v) is 5.50. The van der Waals surface area contributed by atoms with E-state index in [1.165, 1.54) is 57.8 Å². The van der Waals surface area contributed by atoms with Gasteiger partial charge in [-0.05, 0) is 57.3 Å². The average molecular weight is 495 g/mol. The van der Waals surface area contributed by atoms with Crippen LogP contribution in [0.2, 0.25) is 0 Å². The SMILES string of the molecule is CC/C=C/CCCCCCCC(=O)NCC(C)C.CC/C=C/CCCCCCCC(=O)NCCO. The fourth-order valence-corrected chi connectivity index (χ4v) is 3.42. The first-order chi connectivity index (χ1) is 17.0. The lowest BCUT2D eigenvalue weighted by atomic mass is 10.1. The molecule has 0 aromatic heterocycles. The summed E-state index contributed by atoms with van der Waals surface area (Å²) >= 11 is 0. The van der Waals surface area contributed by atoms with Crippen LogP contribution in [0.4, 0.5) is 0 Å². The Hall–Kier alpha value is -1.62. The van der Waals surface area contributed by atoms with Gasteiger partial charge in [-0.1, -0.05) is 90.5 Å². The van der Waals surface area contributed by atoms with Crippen LogP contribution < -0.4 is 10.6 Å². The molecule has 0 heterocycles. The minimum Gasteiger partial charge on any atom is -0.395 e. The molecule has 0 bridgehead atoms. The van der Waals surface area contributed by atoms with Gasteiger partial charge in [-0.3, -0.25) is 9.59 Å². The van der Waals surface area contributed by atoms with Crippen molar-refractivity contribution in [3.8, 4) is 0 Å². The standard InChI is InChI=1S/C16H31NO.C14H27NO2/c1-4-5-6-7-8-9-10-11-12-13-16(18)17-14-15(2)3;1-2-3-4-5-6-7-8-9-10-11-14(17)15-12-13-16/h5-6,15H,4,7-14H2,1-3H3,(H,17,18);3-4,16H,2,5-13H2,1H3,(H,15,17)/b6-5+;4-3+. The van der Waals surface area contributed by atoms with Gasteiger partial charge < -0.3 is 15.7 Å². The third-order valence-electron chi connectivity index (χ3n) is 5.50. The lowest BCUT2D eigenvalue weighted by Gasteiger charge is -2.07. The van der Waals surface area contributed by atoms with Crippen LogP contribution in [-0.4, -0.2) is 36.6 Å². The number of unbranched alkanes of at least 4 members (excludes halogenated alkanes) is 10. The monoisotopic (exact) mass is 494 g/mol. The second-order valence-electron chi connectivity index (χ2n) is 9.64. The molecule has 0 fully saturated rings. The molecule has 0 spiro atoms. The second kappa shape index (κ2) is 30.4. The lowest BCUT2D eigenvalue weighted by Crippen LogP contribution is -2.26. The van der Waals surface area contributed by atoms with Gasteiger partial charge >= 0.3 is 0 Å².